The van der Waals surface area contributed by atoms with Crippen molar-refractivity contribution in [1.82, 2.24) is 0 Å². The Labute approximate surface area is 132 Å². The van der Waals surface area contributed by atoms with Gasteiger partial charge in [0.25, 0.3) is 0 Å². The molecule has 0 aromatic heterocycles. The van der Waals surface area contributed by atoms with Crippen LogP contribution in [0.15, 0.2) is 40.9 Å². The Hall–Kier alpha value is -1.39. The number of methoxy groups -OCH3 is 1. The molecular formula is C17H17BrFNO. The van der Waals surface area contributed by atoms with Gasteiger partial charge in [0.2, 0.25) is 0 Å². The zero-order valence-electron chi connectivity index (χ0n) is 11.8. The lowest BCUT2D eigenvalue weighted by Crippen LogP contribution is -2.36. The first-order valence-corrected chi connectivity index (χ1v) is 7.71. The zero-order valence-corrected chi connectivity index (χ0v) is 13.4. The van der Waals surface area contributed by atoms with Crippen molar-refractivity contribution in [2.45, 2.75) is 24.8 Å². The van der Waals surface area contributed by atoms with Crippen LogP contribution < -0.4 is 10.5 Å². The molecule has 0 radical (unpaired) electrons. The molecule has 3 rings (SSSR count). The van der Waals surface area contributed by atoms with Gasteiger partial charge in [0.15, 0.2) is 0 Å². The van der Waals surface area contributed by atoms with Gasteiger partial charge in [-0.1, -0.05) is 28.1 Å². The molecule has 2 nitrogen and oxygen atoms in total. The number of nitrogens with two attached hydrogens (primary N) is 1. The van der Waals surface area contributed by atoms with Crippen molar-refractivity contribution in [3.05, 3.63) is 63.4 Å². The van der Waals surface area contributed by atoms with Crippen molar-refractivity contribution in [2.75, 3.05) is 7.11 Å². The molecule has 1 aliphatic rings. The Morgan fingerprint density at radius 3 is 2.81 bits per heavy atom. The van der Waals surface area contributed by atoms with Crippen molar-refractivity contribution in [1.29, 1.82) is 0 Å². The van der Waals surface area contributed by atoms with Crippen LogP contribution in [-0.2, 0) is 18.4 Å². The van der Waals surface area contributed by atoms with Gasteiger partial charge < -0.3 is 10.5 Å². The van der Waals surface area contributed by atoms with Crippen molar-refractivity contribution >= 4 is 15.9 Å². The van der Waals surface area contributed by atoms with Gasteiger partial charge in [0.1, 0.15) is 11.6 Å². The van der Waals surface area contributed by atoms with Gasteiger partial charge in [0.05, 0.1) is 7.11 Å². The van der Waals surface area contributed by atoms with Crippen LogP contribution in [0, 0.1) is 5.82 Å². The lowest BCUT2D eigenvalue weighted by Gasteiger charge is -2.26. The fourth-order valence-electron chi connectivity index (χ4n) is 3.04. The van der Waals surface area contributed by atoms with Crippen LogP contribution in [0.3, 0.4) is 0 Å². The van der Waals surface area contributed by atoms with Crippen molar-refractivity contribution < 1.29 is 9.13 Å². The summed E-state index contributed by atoms with van der Waals surface area (Å²) in [7, 11) is 1.66. The number of fused-ring (bicyclic) bond motifs is 1. The number of hydrogen-bond donors (Lipinski definition) is 1. The molecule has 2 aromatic rings. The molecule has 110 valence electrons. The summed E-state index contributed by atoms with van der Waals surface area (Å²) in [6, 6.07) is 10.8. The van der Waals surface area contributed by atoms with E-state index in [1.54, 1.807) is 13.2 Å². The average molecular weight is 350 g/mol. The van der Waals surface area contributed by atoms with Gasteiger partial charge in [-0.3, -0.25) is 0 Å². The van der Waals surface area contributed by atoms with Crippen molar-refractivity contribution in [3.8, 4) is 5.75 Å². The third kappa shape index (κ3) is 2.70. The second kappa shape index (κ2) is 5.43. The molecule has 0 amide bonds. The predicted octanol–water partition coefficient (Wildman–Crippen LogP) is 3.94. The van der Waals surface area contributed by atoms with Gasteiger partial charge in [-0.15, -0.1) is 0 Å². The molecule has 1 unspecified atom stereocenters. The molecule has 4 heteroatoms. The van der Waals surface area contributed by atoms with E-state index < -0.39 is 5.54 Å². The van der Waals surface area contributed by atoms with E-state index in [2.05, 4.69) is 22.0 Å². The van der Waals surface area contributed by atoms with Crippen LogP contribution in [0.4, 0.5) is 4.39 Å². The molecule has 2 N–H and O–H groups in total. The smallest absolute Gasteiger partial charge is 0.124 e. The Kier molecular flexibility index (Phi) is 3.76. The molecule has 21 heavy (non-hydrogen) atoms. The summed E-state index contributed by atoms with van der Waals surface area (Å²) in [5.74, 6) is 0.578. The predicted molar refractivity (Wildman–Crippen MR) is 85.0 cm³/mol. The van der Waals surface area contributed by atoms with E-state index in [4.69, 9.17) is 10.5 Å². The highest BCUT2D eigenvalue weighted by molar-refractivity contribution is 9.10. The number of rotatable bonds is 3. The Morgan fingerprint density at radius 1 is 1.29 bits per heavy atom. The van der Waals surface area contributed by atoms with Gasteiger partial charge in [-0.25, -0.2) is 4.39 Å². The van der Waals surface area contributed by atoms with Gasteiger partial charge in [-0.05, 0) is 60.2 Å². The highest BCUT2D eigenvalue weighted by atomic mass is 79.9. The summed E-state index contributed by atoms with van der Waals surface area (Å²) in [6.45, 7) is 0. The van der Waals surface area contributed by atoms with E-state index >= 15 is 0 Å². The molecule has 1 aliphatic carbocycles. The fourth-order valence-corrected chi connectivity index (χ4v) is 3.54. The molecule has 0 spiro atoms. The minimum Gasteiger partial charge on any atom is -0.497 e. The van der Waals surface area contributed by atoms with Crippen LogP contribution in [0.1, 0.15) is 23.1 Å². The third-order valence-corrected chi connectivity index (χ3v) is 4.95. The first kappa shape index (κ1) is 14.5. The van der Waals surface area contributed by atoms with Gasteiger partial charge in [-0.2, -0.15) is 0 Å². The Morgan fingerprint density at radius 2 is 2.10 bits per heavy atom. The monoisotopic (exact) mass is 349 g/mol. The fraction of sp³-hybridized carbons (Fsp3) is 0.294. The SMILES string of the molecule is COc1ccc2c(c1)C(N)(Cc1ccc(F)cc1Br)CC2. The van der Waals surface area contributed by atoms with Crippen LogP contribution in [0.5, 0.6) is 5.75 Å². The summed E-state index contributed by atoms with van der Waals surface area (Å²) < 4.78 is 19.3. The minimum atomic E-state index is -0.426. The Balaban J connectivity index is 1.96. The number of hydrogen-bond acceptors (Lipinski definition) is 2. The van der Waals surface area contributed by atoms with E-state index in [1.807, 2.05) is 12.1 Å². The zero-order chi connectivity index (χ0) is 15.0. The third-order valence-electron chi connectivity index (χ3n) is 4.21. The number of ether oxygens (including phenoxy) is 1. The topological polar surface area (TPSA) is 35.2 Å². The maximum atomic E-state index is 13.2. The Bertz CT molecular complexity index is 688. The molecule has 0 aliphatic heterocycles. The molecule has 0 saturated carbocycles. The summed E-state index contributed by atoms with van der Waals surface area (Å²) >= 11 is 3.43. The van der Waals surface area contributed by atoms with Crippen LogP contribution in [-0.4, -0.2) is 7.11 Å². The van der Waals surface area contributed by atoms with Crippen LogP contribution in [0.2, 0.25) is 0 Å². The van der Waals surface area contributed by atoms with E-state index in [0.717, 1.165) is 34.2 Å². The standard InChI is InChI=1S/C17H17BrFNO/c1-21-14-5-3-11-6-7-17(20,15(11)9-14)10-12-2-4-13(19)8-16(12)18/h2-5,8-9H,6-7,10,20H2,1H3. The summed E-state index contributed by atoms with van der Waals surface area (Å²) in [5, 5.41) is 0. The molecule has 0 bridgehead atoms. The second-order valence-electron chi connectivity index (χ2n) is 5.59. The highest BCUT2D eigenvalue weighted by Crippen LogP contribution is 2.40. The first-order valence-electron chi connectivity index (χ1n) is 6.92. The molecular weight excluding hydrogens is 333 g/mol. The highest BCUT2D eigenvalue weighted by Gasteiger charge is 2.35. The van der Waals surface area contributed by atoms with Gasteiger partial charge in [0, 0.05) is 10.0 Å². The summed E-state index contributed by atoms with van der Waals surface area (Å²) in [6.07, 6.45) is 2.53. The van der Waals surface area contributed by atoms with Crippen LogP contribution >= 0.6 is 15.9 Å². The first-order chi connectivity index (χ1) is 10.0. The van der Waals surface area contributed by atoms with Crippen LogP contribution in [0.25, 0.3) is 0 Å². The summed E-state index contributed by atoms with van der Waals surface area (Å²) in [5.41, 5.74) is 9.67. The maximum absolute atomic E-state index is 13.2. The lowest BCUT2D eigenvalue weighted by atomic mass is 9.86. The van der Waals surface area contributed by atoms with Crippen molar-refractivity contribution in [3.63, 3.8) is 0 Å². The number of halogens is 2. The largest absolute Gasteiger partial charge is 0.497 e. The second-order valence-corrected chi connectivity index (χ2v) is 6.45. The lowest BCUT2D eigenvalue weighted by molar-refractivity contribution is 0.407. The van der Waals surface area contributed by atoms with E-state index in [9.17, 15) is 4.39 Å². The maximum Gasteiger partial charge on any atom is 0.124 e. The molecule has 1 atom stereocenters. The summed E-state index contributed by atoms with van der Waals surface area (Å²) in [4.78, 5) is 0. The average Bonchev–Trinajstić information content (AvgIpc) is 2.79. The molecule has 0 saturated heterocycles. The molecule has 0 fully saturated rings. The normalized spacial score (nSPS) is 20.4. The minimum absolute atomic E-state index is 0.245. The number of benzene rings is 2. The van der Waals surface area contributed by atoms with E-state index in [-0.39, 0.29) is 5.82 Å². The quantitative estimate of drug-likeness (QED) is 0.910. The van der Waals surface area contributed by atoms with E-state index in [0.29, 0.717) is 6.42 Å². The van der Waals surface area contributed by atoms with E-state index in [1.165, 1.54) is 17.7 Å². The molecule has 0 heterocycles. The molecule has 2 aromatic carbocycles. The number of aryl methyl sites for hydroxylation is 1. The van der Waals surface area contributed by atoms with Crippen molar-refractivity contribution in [2.24, 2.45) is 5.73 Å². The van der Waals surface area contributed by atoms with Gasteiger partial charge >= 0.3 is 0 Å².